The van der Waals surface area contributed by atoms with Crippen molar-refractivity contribution in [2.24, 2.45) is 11.3 Å². The van der Waals surface area contributed by atoms with Crippen LogP contribution in [0.5, 0.6) is 5.75 Å². The Bertz CT molecular complexity index is 791. The molecule has 1 unspecified atom stereocenters. The number of anilines is 1. The van der Waals surface area contributed by atoms with Crippen LogP contribution in [0.3, 0.4) is 0 Å². The van der Waals surface area contributed by atoms with E-state index in [4.69, 9.17) is 16.3 Å². The molecule has 1 saturated carbocycles. The Balaban J connectivity index is 1.35. The van der Waals surface area contributed by atoms with Crippen LogP contribution in [0.25, 0.3) is 0 Å². The Morgan fingerprint density at radius 1 is 1.35 bits per heavy atom. The van der Waals surface area contributed by atoms with Gasteiger partial charge in [0.2, 0.25) is 5.91 Å². The molecule has 2 fully saturated rings. The summed E-state index contributed by atoms with van der Waals surface area (Å²) < 4.78 is 5.74. The molecule has 2 aliphatic rings. The number of nitrogens with zero attached hydrogens (tertiary/aromatic N) is 1. The minimum Gasteiger partial charge on any atom is -0.487 e. The molecule has 26 heavy (non-hydrogen) atoms. The lowest BCUT2D eigenvalue weighted by molar-refractivity contribution is -0.118. The number of halogens is 1. The van der Waals surface area contributed by atoms with E-state index in [1.54, 1.807) is 24.5 Å². The summed E-state index contributed by atoms with van der Waals surface area (Å²) in [5.74, 6) is 0.826. The van der Waals surface area contributed by atoms with Crippen molar-refractivity contribution in [2.45, 2.75) is 25.9 Å². The Kier molecular flexibility index (Phi) is 4.83. The summed E-state index contributed by atoms with van der Waals surface area (Å²) in [6, 6.07) is 9.19. The first kappa shape index (κ1) is 17.3. The zero-order chi connectivity index (χ0) is 18.0. The van der Waals surface area contributed by atoms with Gasteiger partial charge in [-0.05, 0) is 62.0 Å². The van der Waals surface area contributed by atoms with E-state index in [0.29, 0.717) is 23.1 Å². The molecule has 1 aliphatic heterocycles. The molecular formula is C20H22ClN3O2. The quantitative estimate of drug-likeness (QED) is 0.842. The lowest BCUT2D eigenvalue weighted by atomic mass is 9.92. The van der Waals surface area contributed by atoms with Crippen molar-refractivity contribution in [3.63, 3.8) is 0 Å². The molecule has 1 atom stereocenters. The summed E-state index contributed by atoms with van der Waals surface area (Å²) in [7, 11) is 0. The fraction of sp³-hybridized carbons (Fsp3) is 0.400. The first-order chi connectivity index (χ1) is 12.7. The van der Waals surface area contributed by atoms with E-state index in [-0.39, 0.29) is 17.2 Å². The molecule has 6 heteroatoms. The Hall–Kier alpha value is -2.11. The van der Waals surface area contributed by atoms with Crippen molar-refractivity contribution in [1.29, 1.82) is 0 Å². The second-order valence-corrected chi connectivity index (χ2v) is 7.56. The third-order valence-electron chi connectivity index (χ3n) is 5.42. The minimum absolute atomic E-state index is 0.104. The number of hydrogen-bond donors (Lipinski definition) is 2. The molecule has 0 bridgehead atoms. The summed E-state index contributed by atoms with van der Waals surface area (Å²) in [5, 5.41) is 6.85. The van der Waals surface area contributed by atoms with Gasteiger partial charge in [0.15, 0.2) is 0 Å². The average Bonchev–Trinajstić information content (AvgIpc) is 3.35. The molecule has 2 heterocycles. The fourth-order valence-electron chi connectivity index (χ4n) is 3.77. The van der Waals surface area contributed by atoms with Crippen molar-refractivity contribution in [3.8, 4) is 5.75 Å². The molecule has 1 spiro atoms. The van der Waals surface area contributed by atoms with E-state index in [1.165, 1.54) is 0 Å². The van der Waals surface area contributed by atoms with Gasteiger partial charge in [-0.3, -0.25) is 9.78 Å². The summed E-state index contributed by atoms with van der Waals surface area (Å²) in [6.45, 7) is 2.43. The lowest BCUT2D eigenvalue weighted by Gasteiger charge is -2.23. The monoisotopic (exact) mass is 371 g/mol. The zero-order valence-electron chi connectivity index (χ0n) is 14.5. The molecule has 0 radical (unpaired) electrons. The number of nitrogens with one attached hydrogen (secondary N) is 2. The molecular weight excluding hydrogens is 350 g/mol. The normalized spacial score (nSPS) is 20.6. The van der Waals surface area contributed by atoms with E-state index < -0.39 is 0 Å². The van der Waals surface area contributed by atoms with Crippen LogP contribution in [-0.2, 0) is 11.4 Å². The molecule has 2 N–H and O–H groups in total. The van der Waals surface area contributed by atoms with E-state index in [0.717, 1.165) is 37.9 Å². The van der Waals surface area contributed by atoms with Gasteiger partial charge in [0.25, 0.3) is 0 Å². The number of hydrogen-bond acceptors (Lipinski definition) is 4. The predicted octanol–water partition coefficient (Wildman–Crippen LogP) is 3.64. The number of aromatic nitrogens is 1. The number of carbonyl (C=O) groups is 1. The Labute approximate surface area is 158 Å². The number of rotatable bonds is 5. The number of pyridine rings is 1. The van der Waals surface area contributed by atoms with Gasteiger partial charge < -0.3 is 15.4 Å². The van der Waals surface area contributed by atoms with Crippen LogP contribution >= 0.6 is 11.6 Å². The van der Waals surface area contributed by atoms with Gasteiger partial charge in [-0.2, -0.15) is 0 Å². The van der Waals surface area contributed by atoms with Crippen LogP contribution in [0.4, 0.5) is 5.69 Å². The Morgan fingerprint density at radius 2 is 2.19 bits per heavy atom. The molecule has 2 aromatic rings. The third-order valence-corrected chi connectivity index (χ3v) is 5.72. The number of carbonyl (C=O) groups excluding carboxylic acids is 1. The van der Waals surface area contributed by atoms with Gasteiger partial charge >= 0.3 is 0 Å². The second-order valence-electron chi connectivity index (χ2n) is 7.15. The minimum atomic E-state index is 0.104. The van der Waals surface area contributed by atoms with Crippen molar-refractivity contribution in [3.05, 3.63) is 53.3 Å². The zero-order valence-corrected chi connectivity index (χ0v) is 15.3. The number of piperidine rings is 1. The number of ether oxygens (including phenoxy) is 1. The maximum Gasteiger partial charge on any atom is 0.228 e. The van der Waals surface area contributed by atoms with E-state index in [1.807, 2.05) is 18.2 Å². The van der Waals surface area contributed by atoms with Gasteiger partial charge in [-0.25, -0.2) is 0 Å². The highest BCUT2D eigenvalue weighted by molar-refractivity contribution is 6.32. The molecule has 1 aromatic heterocycles. The highest BCUT2D eigenvalue weighted by Crippen LogP contribution is 2.58. The van der Waals surface area contributed by atoms with Gasteiger partial charge in [-0.1, -0.05) is 17.7 Å². The summed E-state index contributed by atoms with van der Waals surface area (Å²) in [5.41, 5.74) is 1.91. The smallest absolute Gasteiger partial charge is 0.228 e. The third kappa shape index (κ3) is 3.69. The topological polar surface area (TPSA) is 63.2 Å². The van der Waals surface area contributed by atoms with E-state index >= 15 is 0 Å². The molecule has 1 aliphatic carbocycles. The van der Waals surface area contributed by atoms with Crippen molar-refractivity contribution in [2.75, 3.05) is 18.4 Å². The van der Waals surface area contributed by atoms with Gasteiger partial charge in [0.1, 0.15) is 12.4 Å². The van der Waals surface area contributed by atoms with Crippen molar-refractivity contribution < 1.29 is 9.53 Å². The van der Waals surface area contributed by atoms with Crippen LogP contribution in [-0.4, -0.2) is 24.0 Å². The molecule has 4 rings (SSSR count). The van der Waals surface area contributed by atoms with E-state index in [2.05, 4.69) is 15.6 Å². The number of amides is 1. The SMILES string of the molecule is O=C(Nc1ccc(OCc2cccnc2)c(Cl)c1)C1CC12CCNCC2. The average molecular weight is 372 g/mol. The number of benzene rings is 1. The van der Waals surface area contributed by atoms with Crippen LogP contribution in [0.1, 0.15) is 24.8 Å². The van der Waals surface area contributed by atoms with Crippen LogP contribution < -0.4 is 15.4 Å². The Morgan fingerprint density at radius 3 is 2.92 bits per heavy atom. The highest BCUT2D eigenvalue weighted by atomic mass is 35.5. The largest absolute Gasteiger partial charge is 0.487 e. The van der Waals surface area contributed by atoms with Crippen molar-refractivity contribution >= 4 is 23.2 Å². The fourth-order valence-corrected chi connectivity index (χ4v) is 4.00. The lowest BCUT2D eigenvalue weighted by Crippen LogP contribution is -2.31. The molecule has 136 valence electrons. The maximum atomic E-state index is 12.5. The van der Waals surface area contributed by atoms with E-state index in [9.17, 15) is 4.79 Å². The maximum absolute atomic E-state index is 12.5. The molecule has 1 saturated heterocycles. The van der Waals surface area contributed by atoms with Gasteiger partial charge in [-0.15, -0.1) is 0 Å². The van der Waals surface area contributed by atoms with Gasteiger partial charge in [0, 0.05) is 29.6 Å². The van der Waals surface area contributed by atoms with Gasteiger partial charge in [0.05, 0.1) is 5.02 Å². The molecule has 1 amide bonds. The second kappa shape index (κ2) is 7.25. The standard InChI is InChI=1S/C20H22ClN3O2/c21-17-10-15(3-4-18(17)26-13-14-2-1-7-23-12-14)24-19(25)16-11-20(16)5-8-22-9-6-20/h1-4,7,10,12,16,22H,5-6,8-9,11,13H2,(H,24,25). The molecule has 5 nitrogen and oxygen atoms in total. The van der Waals surface area contributed by atoms with Crippen LogP contribution in [0.15, 0.2) is 42.7 Å². The highest BCUT2D eigenvalue weighted by Gasteiger charge is 2.57. The first-order valence-corrected chi connectivity index (χ1v) is 9.37. The predicted molar refractivity (Wildman–Crippen MR) is 101 cm³/mol. The van der Waals surface area contributed by atoms with Crippen molar-refractivity contribution in [1.82, 2.24) is 10.3 Å². The summed E-state index contributed by atoms with van der Waals surface area (Å²) >= 11 is 6.32. The molecule has 1 aromatic carbocycles. The summed E-state index contributed by atoms with van der Waals surface area (Å²) in [6.07, 6.45) is 6.66. The van der Waals surface area contributed by atoms with Crippen LogP contribution in [0, 0.1) is 11.3 Å². The summed E-state index contributed by atoms with van der Waals surface area (Å²) in [4.78, 5) is 16.6. The van der Waals surface area contributed by atoms with Crippen LogP contribution in [0.2, 0.25) is 5.02 Å². The first-order valence-electron chi connectivity index (χ1n) is 8.99.